The minimum Gasteiger partial charge on any atom is -0.376 e. The van der Waals surface area contributed by atoms with Crippen molar-refractivity contribution < 1.29 is 9.53 Å². The standard InChI is InChI=1S/C18H22N4O3S2/c1-11-9-27-17(19-11)20-15(23)10-26-16-13-5-2-6-14(13)22(18(24)21-16)8-12-4-3-7-25-12/h9,12H,2-8,10H2,1H3,(H,19,20,23)/t12-/m1/s1. The molecular formula is C18H22N4O3S2. The Labute approximate surface area is 165 Å². The van der Waals surface area contributed by atoms with E-state index >= 15 is 0 Å². The van der Waals surface area contributed by atoms with Gasteiger partial charge in [-0.2, -0.15) is 4.98 Å². The summed E-state index contributed by atoms with van der Waals surface area (Å²) in [6.45, 7) is 3.25. The largest absolute Gasteiger partial charge is 0.376 e. The van der Waals surface area contributed by atoms with Gasteiger partial charge < -0.3 is 10.1 Å². The first-order valence-electron chi connectivity index (χ1n) is 9.19. The van der Waals surface area contributed by atoms with Gasteiger partial charge in [-0.15, -0.1) is 11.3 Å². The van der Waals surface area contributed by atoms with Crippen LogP contribution in [0.4, 0.5) is 5.13 Å². The van der Waals surface area contributed by atoms with Gasteiger partial charge in [-0.1, -0.05) is 11.8 Å². The van der Waals surface area contributed by atoms with Crippen molar-refractivity contribution in [1.29, 1.82) is 0 Å². The van der Waals surface area contributed by atoms with Crippen LogP contribution in [0.2, 0.25) is 0 Å². The molecular weight excluding hydrogens is 384 g/mol. The summed E-state index contributed by atoms with van der Waals surface area (Å²) in [5.74, 6) is 0.0826. The number of thiazole rings is 1. The molecule has 2 aromatic rings. The van der Waals surface area contributed by atoms with E-state index in [4.69, 9.17) is 4.74 Å². The highest BCUT2D eigenvalue weighted by Crippen LogP contribution is 2.30. The smallest absolute Gasteiger partial charge is 0.348 e. The quantitative estimate of drug-likeness (QED) is 0.586. The molecule has 1 saturated heterocycles. The van der Waals surface area contributed by atoms with E-state index in [1.54, 1.807) is 4.57 Å². The Balaban J connectivity index is 1.46. The Morgan fingerprint density at radius 3 is 3.04 bits per heavy atom. The number of rotatable bonds is 6. The van der Waals surface area contributed by atoms with E-state index < -0.39 is 0 Å². The first kappa shape index (κ1) is 18.6. The van der Waals surface area contributed by atoms with Crippen LogP contribution >= 0.6 is 23.1 Å². The highest BCUT2D eigenvalue weighted by molar-refractivity contribution is 8.00. The second-order valence-corrected chi connectivity index (χ2v) is 8.68. The van der Waals surface area contributed by atoms with Gasteiger partial charge in [0.2, 0.25) is 5.91 Å². The van der Waals surface area contributed by atoms with E-state index in [1.165, 1.54) is 23.1 Å². The lowest BCUT2D eigenvalue weighted by Gasteiger charge is -2.17. The summed E-state index contributed by atoms with van der Waals surface area (Å²) in [4.78, 5) is 33.3. The van der Waals surface area contributed by atoms with Crippen molar-refractivity contribution >= 4 is 34.1 Å². The zero-order chi connectivity index (χ0) is 18.8. The molecule has 0 bridgehead atoms. The maximum absolute atomic E-state index is 12.6. The highest BCUT2D eigenvalue weighted by atomic mass is 32.2. The van der Waals surface area contributed by atoms with Crippen LogP contribution in [0.25, 0.3) is 0 Å². The summed E-state index contributed by atoms with van der Waals surface area (Å²) >= 11 is 2.74. The molecule has 144 valence electrons. The van der Waals surface area contributed by atoms with Crippen LogP contribution < -0.4 is 11.0 Å². The molecule has 1 aliphatic heterocycles. The minimum absolute atomic E-state index is 0.111. The van der Waals surface area contributed by atoms with Gasteiger partial charge >= 0.3 is 5.69 Å². The van der Waals surface area contributed by atoms with E-state index in [-0.39, 0.29) is 23.5 Å². The molecule has 1 fully saturated rings. The number of carbonyl (C=O) groups excluding carboxylic acids is 1. The fraction of sp³-hybridized carbons (Fsp3) is 0.556. The number of hydrogen-bond acceptors (Lipinski definition) is 7. The fourth-order valence-corrected chi connectivity index (χ4v) is 5.17. The lowest BCUT2D eigenvalue weighted by molar-refractivity contribution is -0.113. The van der Waals surface area contributed by atoms with E-state index in [9.17, 15) is 9.59 Å². The topological polar surface area (TPSA) is 86.1 Å². The average Bonchev–Trinajstić information content (AvgIpc) is 3.38. The molecule has 1 N–H and O–H groups in total. The van der Waals surface area contributed by atoms with E-state index in [1.807, 2.05) is 12.3 Å². The number of thioether (sulfide) groups is 1. The van der Waals surface area contributed by atoms with Crippen molar-refractivity contribution in [3.05, 3.63) is 32.8 Å². The molecule has 1 aliphatic carbocycles. The minimum atomic E-state index is -0.232. The van der Waals surface area contributed by atoms with Crippen molar-refractivity contribution in [2.45, 2.75) is 56.7 Å². The van der Waals surface area contributed by atoms with Gasteiger partial charge in [-0.3, -0.25) is 9.36 Å². The third kappa shape index (κ3) is 4.25. The molecule has 1 atom stereocenters. The van der Waals surface area contributed by atoms with Gasteiger partial charge in [0.1, 0.15) is 5.03 Å². The molecule has 0 unspecified atom stereocenters. The molecule has 7 nitrogen and oxygen atoms in total. The third-order valence-corrected chi connectivity index (χ3v) is 6.71. The summed E-state index contributed by atoms with van der Waals surface area (Å²) < 4.78 is 7.48. The van der Waals surface area contributed by atoms with Crippen molar-refractivity contribution in [3.63, 3.8) is 0 Å². The molecule has 0 saturated carbocycles. The first-order valence-corrected chi connectivity index (χ1v) is 11.1. The summed E-state index contributed by atoms with van der Waals surface area (Å²) in [5, 5.41) is 5.98. The number of amides is 1. The average molecular weight is 407 g/mol. The fourth-order valence-electron chi connectivity index (χ4n) is 3.59. The number of nitrogens with one attached hydrogen (secondary N) is 1. The van der Waals surface area contributed by atoms with Crippen LogP contribution in [0.3, 0.4) is 0 Å². The summed E-state index contributed by atoms with van der Waals surface area (Å²) in [5.41, 5.74) is 2.85. The number of anilines is 1. The number of nitrogens with zero attached hydrogens (tertiary/aromatic N) is 3. The zero-order valence-corrected chi connectivity index (χ0v) is 16.8. The molecule has 3 heterocycles. The number of carbonyl (C=O) groups is 1. The molecule has 0 spiro atoms. The van der Waals surface area contributed by atoms with Gasteiger partial charge in [-0.25, -0.2) is 9.78 Å². The lowest BCUT2D eigenvalue weighted by atomic mass is 10.2. The van der Waals surface area contributed by atoms with Crippen molar-refractivity contribution in [2.24, 2.45) is 0 Å². The molecule has 2 aromatic heterocycles. The first-order chi connectivity index (χ1) is 13.1. The predicted molar refractivity (Wildman–Crippen MR) is 106 cm³/mol. The normalized spacial score (nSPS) is 18.6. The van der Waals surface area contributed by atoms with Crippen LogP contribution in [0.15, 0.2) is 15.2 Å². The maximum atomic E-state index is 12.6. The van der Waals surface area contributed by atoms with Crippen LogP contribution in [0.5, 0.6) is 0 Å². The Hall–Kier alpha value is -1.71. The van der Waals surface area contributed by atoms with E-state index in [0.717, 1.165) is 55.7 Å². The number of fused-ring (bicyclic) bond motifs is 1. The molecule has 0 radical (unpaired) electrons. The molecule has 4 rings (SSSR count). The summed E-state index contributed by atoms with van der Waals surface area (Å²) in [6, 6.07) is 0. The SMILES string of the molecule is Cc1csc(NC(=O)CSc2nc(=O)n(C[C@H]3CCCO3)c3c2CCC3)n1. The number of aromatic nitrogens is 3. The van der Waals surface area contributed by atoms with Gasteiger partial charge in [-0.05, 0) is 39.0 Å². The van der Waals surface area contributed by atoms with Crippen LogP contribution in [0, 0.1) is 6.92 Å². The highest BCUT2D eigenvalue weighted by Gasteiger charge is 2.25. The van der Waals surface area contributed by atoms with Gasteiger partial charge in [0.25, 0.3) is 0 Å². The summed E-state index contributed by atoms with van der Waals surface area (Å²) in [7, 11) is 0. The Bertz CT molecular complexity index is 902. The summed E-state index contributed by atoms with van der Waals surface area (Å²) in [6.07, 6.45) is 4.97. The van der Waals surface area contributed by atoms with Crippen LogP contribution in [0.1, 0.15) is 36.2 Å². The Morgan fingerprint density at radius 2 is 2.30 bits per heavy atom. The van der Waals surface area contributed by atoms with E-state index in [0.29, 0.717) is 16.7 Å². The van der Waals surface area contributed by atoms with E-state index in [2.05, 4.69) is 15.3 Å². The monoisotopic (exact) mass is 406 g/mol. The number of ether oxygens (including phenoxy) is 1. The molecule has 27 heavy (non-hydrogen) atoms. The van der Waals surface area contributed by atoms with Crippen LogP contribution in [-0.4, -0.2) is 38.9 Å². The third-order valence-electron chi connectivity index (χ3n) is 4.82. The van der Waals surface area contributed by atoms with Gasteiger partial charge in [0, 0.05) is 23.2 Å². The maximum Gasteiger partial charge on any atom is 0.348 e. The van der Waals surface area contributed by atoms with Crippen molar-refractivity contribution in [2.75, 3.05) is 17.7 Å². The molecule has 2 aliphatic rings. The second kappa shape index (κ2) is 8.12. The molecule has 1 amide bonds. The van der Waals surface area contributed by atoms with Crippen LogP contribution in [-0.2, 0) is 28.9 Å². The predicted octanol–water partition coefficient (Wildman–Crippen LogP) is 2.41. The number of hydrogen-bond donors (Lipinski definition) is 1. The zero-order valence-electron chi connectivity index (χ0n) is 15.2. The second-order valence-electron chi connectivity index (χ2n) is 6.85. The Morgan fingerprint density at radius 1 is 1.41 bits per heavy atom. The van der Waals surface area contributed by atoms with Gasteiger partial charge in [0.05, 0.1) is 24.1 Å². The Kier molecular flexibility index (Phi) is 5.60. The molecule has 9 heteroatoms. The van der Waals surface area contributed by atoms with Crippen molar-refractivity contribution in [3.8, 4) is 0 Å². The lowest BCUT2D eigenvalue weighted by Crippen LogP contribution is -2.31. The molecule has 0 aromatic carbocycles. The van der Waals surface area contributed by atoms with Crippen molar-refractivity contribution in [1.82, 2.24) is 14.5 Å². The number of aryl methyl sites for hydroxylation is 1. The van der Waals surface area contributed by atoms with Gasteiger partial charge in [0.15, 0.2) is 5.13 Å².